The molecule has 0 aromatic carbocycles. The van der Waals surface area contributed by atoms with Crippen molar-refractivity contribution in [2.75, 3.05) is 6.54 Å². The molecule has 1 aromatic heterocycles. The zero-order chi connectivity index (χ0) is 12.3. The van der Waals surface area contributed by atoms with Crippen molar-refractivity contribution in [3.05, 3.63) is 27.5 Å². The van der Waals surface area contributed by atoms with Crippen LogP contribution in [0, 0.1) is 5.92 Å². The van der Waals surface area contributed by atoms with Gasteiger partial charge < -0.3 is 5.32 Å². The largest absolute Gasteiger partial charge is 0.352 e. The van der Waals surface area contributed by atoms with Crippen LogP contribution in [0.1, 0.15) is 36.0 Å². The Balaban J connectivity index is 1.96. The lowest BCUT2D eigenvalue weighted by Gasteiger charge is -2.11. The molecule has 0 saturated heterocycles. The van der Waals surface area contributed by atoms with Crippen molar-refractivity contribution in [1.29, 1.82) is 0 Å². The van der Waals surface area contributed by atoms with Crippen LogP contribution in [0.3, 0.4) is 0 Å². The number of nitrogens with one attached hydrogen (secondary N) is 1. The average molecular weight is 318 g/mol. The van der Waals surface area contributed by atoms with Crippen molar-refractivity contribution in [3.8, 4) is 0 Å². The molecule has 2 rings (SSSR count). The van der Waals surface area contributed by atoms with Gasteiger partial charge in [-0.05, 0) is 40.8 Å². The number of carbonyl (C=O) groups excluding carboxylic acids is 1. The van der Waals surface area contributed by atoms with Gasteiger partial charge in [-0.25, -0.2) is 4.98 Å². The maximum absolute atomic E-state index is 11.9. The van der Waals surface area contributed by atoms with Crippen LogP contribution in [0.5, 0.6) is 0 Å². The minimum Gasteiger partial charge on any atom is -0.352 e. The number of rotatable bonds is 3. The number of pyridine rings is 1. The van der Waals surface area contributed by atoms with Gasteiger partial charge in [-0.15, -0.1) is 0 Å². The standard InChI is InChI=1S/C12H14BrClN2O/c13-9-5-10(11(14)15-7-9)12(17)16-6-8-3-1-2-4-8/h5,7-8H,1-4,6H2,(H,16,17). The van der Waals surface area contributed by atoms with Gasteiger partial charge in [0, 0.05) is 17.2 Å². The predicted molar refractivity (Wildman–Crippen MR) is 71.2 cm³/mol. The summed E-state index contributed by atoms with van der Waals surface area (Å²) in [6.07, 6.45) is 6.56. The first-order valence-corrected chi connectivity index (χ1v) is 6.93. The van der Waals surface area contributed by atoms with Gasteiger partial charge >= 0.3 is 0 Å². The maximum atomic E-state index is 11.9. The Labute approximate surface area is 114 Å². The summed E-state index contributed by atoms with van der Waals surface area (Å²) in [4.78, 5) is 15.9. The molecule has 1 aliphatic rings. The Morgan fingerprint density at radius 3 is 2.94 bits per heavy atom. The molecule has 0 aliphatic heterocycles. The van der Waals surface area contributed by atoms with Gasteiger partial charge in [0.2, 0.25) is 0 Å². The minimum atomic E-state index is -0.143. The zero-order valence-corrected chi connectivity index (χ0v) is 11.7. The van der Waals surface area contributed by atoms with Crippen LogP contribution in [0.25, 0.3) is 0 Å². The Bertz CT molecular complexity index is 419. The highest BCUT2D eigenvalue weighted by Gasteiger charge is 2.17. The minimum absolute atomic E-state index is 0.143. The third kappa shape index (κ3) is 3.42. The normalized spacial score (nSPS) is 16.1. The van der Waals surface area contributed by atoms with E-state index < -0.39 is 0 Å². The van der Waals surface area contributed by atoms with E-state index in [-0.39, 0.29) is 11.1 Å². The number of aromatic nitrogens is 1. The van der Waals surface area contributed by atoms with E-state index in [9.17, 15) is 4.79 Å². The fourth-order valence-corrected chi connectivity index (χ4v) is 2.65. The average Bonchev–Trinajstić information content (AvgIpc) is 2.82. The molecule has 92 valence electrons. The molecule has 0 bridgehead atoms. The van der Waals surface area contributed by atoms with E-state index in [1.165, 1.54) is 25.7 Å². The first-order chi connectivity index (χ1) is 8.16. The zero-order valence-electron chi connectivity index (χ0n) is 9.38. The molecular formula is C12H14BrClN2O. The van der Waals surface area contributed by atoms with Crippen molar-refractivity contribution >= 4 is 33.4 Å². The van der Waals surface area contributed by atoms with E-state index in [0.717, 1.165) is 11.0 Å². The molecule has 1 aliphatic carbocycles. The van der Waals surface area contributed by atoms with Crippen LogP contribution in [-0.4, -0.2) is 17.4 Å². The van der Waals surface area contributed by atoms with E-state index in [1.807, 2.05) is 0 Å². The summed E-state index contributed by atoms with van der Waals surface area (Å²) in [7, 11) is 0. The third-order valence-corrected chi connectivity index (χ3v) is 3.81. The summed E-state index contributed by atoms with van der Waals surface area (Å²) < 4.78 is 0.757. The van der Waals surface area contributed by atoms with E-state index >= 15 is 0 Å². The molecule has 1 heterocycles. The van der Waals surface area contributed by atoms with Gasteiger partial charge in [-0.1, -0.05) is 24.4 Å². The topological polar surface area (TPSA) is 42.0 Å². The second-order valence-corrected chi connectivity index (χ2v) is 5.63. The molecule has 1 N–H and O–H groups in total. The fraction of sp³-hybridized carbons (Fsp3) is 0.500. The van der Waals surface area contributed by atoms with Crippen molar-refractivity contribution in [3.63, 3.8) is 0 Å². The Morgan fingerprint density at radius 1 is 1.53 bits per heavy atom. The van der Waals surface area contributed by atoms with Gasteiger partial charge in [-0.3, -0.25) is 4.79 Å². The number of halogens is 2. The highest BCUT2D eigenvalue weighted by molar-refractivity contribution is 9.10. The van der Waals surface area contributed by atoms with E-state index in [0.29, 0.717) is 11.5 Å². The predicted octanol–water partition coefficient (Wildman–Crippen LogP) is 3.42. The molecule has 17 heavy (non-hydrogen) atoms. The molecule has 0 atom stereocenters. The number of hydrogen-bond acceptors (Lipinski definition) is 2. The molecule has 1 fully saturated rings. The lowest BCUT2D eigenvalue weighted by atomic mass is 10.1. The summed E-state index contributed by atoms with van der Waals surface area (Å²) in [6, 6.07) is 1.69. The van der Waals surface area contributed by atoms with Gasteiger partial charge in [0.25, 0.3) is 5.91 Å². The van der Waals surface area contributed by atoms with Gasteiger partial charge in [0.05, 0.1) is 5.56 Å². The van der Waals surface area contributed by atoms with Crippen LogP contribution in [0.15, 0.2) is 16.7 Å². The molecular weight excluding hydrogens is 304 g/mol. The number of amides is 1. The lowest BCUT2D eigenvalue weighted by Crippen LogP contribution is -2.28. The number of carbonyl (C=O) groups is 1. The number of hydrogen-bond donors (Lipinski definition) is 1. The summed E-state index contributed by atoms with van der Waals surface area (Å²) in [6.45, 7) is 0.738. The third-order valence-electron chi connectivity index (χ3n) is 3.08. The van der Waals surface area contributed by atoms with Crippen LogP contribution in [0.2, 0.25) is 5.15 Å². The summed E-state index contributed by atoms with van der Waals surface area (Å²) in [5, 5.41) is 3.17. The lowest BCUT2D eigenvalue weighted by molar-refractivity contribution is 0.0947. The van der Waals surface area contributed by atoms with Crippen LogP contribution in [0.4, 0.5) is 0 Å². The smallest absolute Gasteiger partial charge is 0.254 e. The van der Waals surface area contributed by atoms with Crippen molar-refractivity contribution in [2.45, 2.75) is 25.7 Å². The molecule has 0 radical (unpaired) electrons. The van der Waals surface area contributed by atoms with Crippen LogP contribution < -0.4 is 5.32 Å². The highest BCUT2D eigenvalue weighted by Crippen LogP contribution is 2.24. The molecule has 0 spiro atoms. The molecule has 0 unspecified atom stereocenters. The van der Waals surface area contributed by atoms with Crippen molar-refractivity contribution in [1.82, 2.24) is 10.3 Å². The van der Waals surface area contributed by atoms with Crippen LogP contribution >= 0.6 is 27.5 Å². The van der Waals surface area contributed by atoms with E-state index in [1.54, 1.807) is 12.3 Å². The maximum Gasteiger partial charge on any atom is 0.254 e. The summed E-state index contributed by atoms with van der Waals surface area (Å²) in [5.41, 5.74) is 0.430. The fourth-order valence-electron chi connectivity index (χ4n) is 2.13. The molecule has 1 amide bonds. The summed E-state index contributed by atoms with van der Waals surface area (Å²) in [5.74, 6) is 0.480. The quantitative estimate of drug-likeness (QED) is 0.868. The highest BCUT2D eigenvalue weighted by atomic mass is 79.9. The van der Waals surface area contributed by atoms with Gasteiger partial charge in [0.1, 0.15) is 5.15 Å². The Hall–Kier alpha value is -0.610. The Kier molecular flexibility index (Phi) is 4.40. The second-order valence-electron chi connectivity index (χ2n) is 4.35. The SMILES string of the molecule is O=C(NCC1CCCC1)c1cc(Br)cnc1Cl. The van der Waals surface area contributed by atoms with E-state index in [2.05, 4.69) is 26.2 Å². The second kappa shape index (κ2) is 5.83. The van der Waals surface area contributed by atoms with Gasteiger partial charge in [-0.2, -0.15) is 0 Å². The van der Waals surface area contributed by atoms with Crippen LogP contribution in [-0.2, 0) is 0 Å². The molecule has 1 saturated carbocycles. The van der Waals surface area contributed by atoms with Crippen molar-refractivity contribution < 1.29 is 4.79 Å². The first kappa shape index (κ1) is 12.8. The monoisotopic (exact) mass is 316 g/mol. The molecule has 3 nitrogen and oxygen atoms in total. The number of nitrogens with zero attached hydrogens (tertiary/aromatic N) is 1. The summed E-state index contributed by atoms with van der Waals surface area (Å²) >= 11 is 9.17. The van der Waals surface area contributed by atoms with Gasteiger partial charge in [0.15, 0.2) is 0 Å². The first-order valence-electron chi connectivity index (χ1n) is 5.76. The Morgan fingerprint density at radius 2 is 2.24 bits per heavy atom. The van der Waals surface area contributed by atoms with E-state index in [4.69, 9.17) is 11.6 Å². The van der Waals surface area contributed by atoms with Crippen molar-refractivity contribution in [2.24, 2.45) is 5.92 Å². The molecule has 1 aromatic rings. The molecule has 5 heteroatoms.